The monoisotopic (exact) mass is 260 g/mol. The fourth-order valence-electron chi connectivity index (χ4n) is 1.86. The number of rotatable bonds is 3. The summed E-state index contributed by atoms with van der Waals surface area (Å²) in [4.78, 5) is 15.5. The van der Waals surface area contributed by atoms with Crippen LogP contribution in [0, 0.1) is 20.8 Å². The normalized spacial score (nSPS) is 10.8. The second-order valence-electron chi connectivity index (χ2n) is 4.44. The lowest BCUT2D eigenvalue weighted by Gasteiger charge is -2.09. The van der Waals surface area contributed by atoms with Crippen LogP contribution in [0.5, 0.6) is 0 Å². The van der Waals surface area contributed by atoms with Crippen LogP contribution in [0.15, 0.2) is 23.2 Å². The Hall–Kier alpha value is -1.55. The Morgan fingerprint density at radius 3 is 2.67 bits per heavy atom. The van der Waals surface area contributed by atoms with Crippen LogP contribution in [0.2, 0.25) is 0 Å². The molecule has 1 amide bonds. The fourth-order valence-corrected chi connectivity index (χ4v) is 2.58. The molecule has 0 atom stereocenters. The highest BCUT2D eigenvalue weighted by Crippen LogP contribution is 2.27. The van der Waals surface area contributed by atoms with E-state index in [-0.39, 0.29) is 11.7 Å². The van der Waals surface area contributed by atoms with Gasteiger partial charge in [-0.2, -0.15) is 0 Å². The average molecular weight is 260 g/mol. The van der Waals surface area contributed by atoms with Crippen LogP contribution in [-0.4, -0.2) is 16.6 Å². The molecule has 0 saturated heterocycles. The third-order valence-electron chi connectivity index (χ3n) is 3.01. The van der Waals surface area contributed by atoms with Crippen molar-refractivity contribution < 1.29 is 4.79 Å². The van der Waals surface area contributed by atoms with Crippen molar-refractivity contribution in [2.45, 2.75) is 25.8 Å². The zero-order chi connectivity index (χ0) is 13.3. The highest BCUT2D eigenvalue weighted by molar-refractivity contribution is 7.99. The van der Waals surface area contributed by atoms with Gasteiger partial charge < -0.3 is 5.73 Å². The summed E-state index contributed by atoms with van der Waals surface area (Å²) in [6.07, 6.45) is 0. The predicted octanol–water partition coefficient (Wildman–Crippen LogP) is 2.74. The highest BCUT2D eigenvalue weighted by atomic mass is 32.2. The maximum absolute atomic E-state index is 10.8. The Labute approximate surface area is 111 Å². The number of carbonyl (C=O) groups is 1. The van der Waals surface area contributed by atoms with Gasteiger partial charge >= 0.3 is 0 Å². The van der Waals surface area contributed by atoms with Gasteiger partial charge in [0, 0.05) is 5.39 Å². The molecule has 0 aliphatic carbocycles. The Morgan fingerprint density at radius 2 is 2.00 bits per heavy atom. The summed E-state index contributed by atoms with van der Waals surface area (Å²) in [5, 5.41) is 2.02. The maximum atomic E-state index is 10.8. The Kier molecular flexibility index (Phi) is 3.57. The number of nitrogens with zero attached hydrogens (tertiary/aromatic N) is 1. The molecule has 0 spiro atoms. The number of thioether (sulfide) groups is 1. The van der Waals surface area contributed by atoms with Crippen molar-refractivity contribution in [1.82, 2.24) is 4.98 Å². The van der Waals surface area contributed by atoms with E-state index in [0.717, 1.165) is 21.5 Å². The van der Waals surface area contributed by atoms with Crippen molar-refractivity contribution >= 4 is 28.6 Å². The number of benzene rings is 1. The van der Waals surface area contributed by atoms with Gasteiger partial charge in [-0.05, 0) is 43.5 Å². The van der Waals surface area contributed by atoms with Crippen LogP contribution in [0.4, 0.5) is 0 Å². The minimum absolute atomic E-state index is 0.268. The van der Waals surface area contributed by atoms with Gasteiger partial charge in [0.05, 0.1) is 11.3 Å². The maximum Gasteiger partial charge on any atom is 0.227 e. The molecular weight excluding hydrogens is 244 g/mol. The van der Waals surface area contributed by atoms with E-state index in [0.29, 0.717) is 0 Å². The summed E-state index contributed by atoms with van der Waals surface area (Å²) >= 11 is 1.40. The molecule has 1 aromatic heterocycles. The van der Waals surface area contributed by atoms with Crippen molar-refractivity contribution in [3.05, 3.63) is 34.9 Å². The van der Waals surface area contributed by atoms with Crippen LogP contribution in [0.1, 0.15) is 16.7 Å². The largest absolute Gasteiger partial charge is 0.369 e. The number of carbonyl (C=O) groups excluding carboxylic acids is 1. The molecule has 0 saturated carbocycles. The first kappa shape index (κ1) is 12.9. The van der Waals surface area contributed by atoms with E-state index in [1.807, 2.05) is 6.92 Å². The number of nitrogens with two attached hydrogens (primary N) is 1. The van der Waals surface area contributed by atoms with Gasteiger partial charge in [-0.1, -0.05) is 23.9 Å². The average Bonchev–Trinajstić information content (AvgIpc) is 2.32. The van der Waals surface area contributed by atoms with Crippen LogP contribution < -0.4 is 5.73 Å². The predicted molar refractivity (Wildman–Crippen MR) is 75.9 cm³/mol. The molecule has 0 radical (unpaired) electrons. The first-order valence-corrected chi connectivity index (χ1v) is 6.76. The summed E-state index contributed by atoms with van der Waals surface area (Å²) in [7, 11) is 0. The quantitative estimate of drug-likeness (QED) is 0.863. The Morgan fingerprint density at radius 1 is 1.28 bits per heavy atom. The van der Waals surface area contributed by atoms with Crippen LogP contribution in [0.25, 0.3) is 10.9 Å². The van der Waals surface area contributed by atoms with Gasteiger partial charge in [-0.25, -0.2) is 4.98 Å². The third-order valence-corrected chi connectivity index (χ3v) is 4.12. The number of hydrogen-bond acceptors (Lipinski definition) is 3. The summed E-state index contributed by atoms with van der Waals surface area (Å²) in [6, 6.07) is 6.30. The number of hydrogen-bond donors (Lipinski definition) is 1. The van der Waals surface area contributed by atoms with E-state index in [9.17, 15) is 4.79 Å². The summed E-state index contributed by atoms with van der Waals surface area (Å²) in [6.45, 7) is 6.15. The molecule has 0 aliphatic heterocycles. The van der Waals surface area contributed by atoms with Crippen molar-refractivity contribution in [2.75, 3.05) is 5.75 Å². The number of amides is 1. The smallest absolute Gasteiger partial charge is 0.227 e. The van der Waals surface area contributed by atoms with E-state index in [4.69, 9.17) is 5.73 Å². The molecule has 0 bridgehead atoms. The zero-order valence-corrected chi connectivity index (χ0v) is 11.6. The van der Waals surface area contributed by atoms with Gasteiger partial charge in [0.15, 0.2) is 0 Å². The van der Waals surface area contributed by atoms with Gasteiger partial charge in [0.2, 0.25) is 5.91 Å². The lowest BCUT2D eigenvalue weighted by molar-refractivity contribution is -0.115. The topological polar surface area (TPSA) is 56.0 Å². The standard InChI is InChI=1S/C14H16N2OS/c1-8-4-5-11-6-9(2)14(18-7-12(15)17)16-13(11)10(8)3/h4-6H,7H2,1-3H3,(H2,15,17). The zero-order valence-electron chi connectivity index (χ0n) is 10.8. The number of primary amides is 1. The van der Waals surface area contributed by atoms with Crippen molar-refractivity contribution in [2.24, 2.45) is 5.73 Å². The van der Waals surface area contributed by atoms with Crippen LogP contribution in [-0.2, 0) is 4.79 Å². The molecule has 2 N–H and O–H groups in total. The summed E-state index contributed by atoms with van der Waals surface area (Å²) in [5.74, 6) is -0.0493. The highest BCUT2D eigenvalue weighted by Gasteiger charge is 2.08. The molecule has 2 rings (SSSR count). The molecule has 1 aromatic carbocycles. The van der Waals surface area contributed by atoms with E-state index in [2.05, 4.69) is 37.0 Å². The van der Waals surface area contributed by atoms with Crippen molar-refractivity contribution in [1.29, 1.82) is 0 Å². The lowest BCUT2D eigenvalue weighted by atomic mass is 10.0. The van der Waals surface area contributed by atoms with Crippen LogP contribution >= 0.6 is 11.8 Å². The minimum Gasteiger partial charge on any atom is -0.369 e. The van der Waals surface area contributed by atoms with Gasteiger partial charge in [0.25, 0.3) is 0 Å². The SMILES string of the molecule is Cc1cc2ccc(C)c(C)c2nc1SCC(N)=O. The first-order chi connectivity index (χ1) is 8.49. The molecule has 0 fully saturated rings. The Bertz CT molecular complexity index is 623. The molecule has 0 unspecified atom stereocenters. The molecule has 18 heavy (non-hydrogen) atoms. The van der Waals surface area contributed by atoms with Crippen LogP contribution in [0.3, 0.4) is 0 Å². The van der Waals surface area contributed by atoms with Crippen molar-refractivity contribution in [3.63, 3.8) is 0 Å². The molecule has 2 aromatic rings. The number of aryl methyl sites for hydroxylation is 3. The van der Waals surface area contributed by atoms with E-state index >= 15 is 0 Å². The van der Waals surface area contributed by atoms with E-state index < -0.39 is 0 Å². The molecule has 94 valence electrons. The lowest BCUT2D eigenvalue weighted by Crippen LogP contribution is -2.13. The second-order valence-corrected chi connectivity index (χ2v) is 5.41. The molecule has 0 aliphatic rings. The molecular formula is C14H16N2OS. The summed E-state index contributed by atoms with van der Waals surface area (Å²) < 4.78 is 0. The van der Waals surface area contributed by atoms with Gasteiger partial charge in [-0.3, -0.25) is 4.79 Å². The van der Waals surface area contributed by atoms with Crippen molar-refractivity contribution in [3.8, 4) is 0 Å². The minimum atomic E-state index is -0.317. The third kappa shape index (κ3) is 2.48. The van der Waals surface area contributed by atoms with Gasteiger partial charge in [0.1, 0.15) is 5.03 Å². The summed E-state index contributed by atoms with van der Waals surface area (Å²) in [5.41, 5.74) is 9.67. The molecule has 4 heteroatoms. The second kappa shape index (κ2) is 4.98. The van der Waals surface area contributed by atoms with E-state index in [1.54, 1.807) is 0 Å². The number of aromatic nitrogens is 1. The molecule has 1 heterocycles. The molecule has 3 nitrogen and oxygen atoms in total. The Balaban J connectivity index is 2.52. The first-order valence-electron chi connectivity index (χ1n) is 5.77. The fraction of sp³-hybridized carbons (Fsp3) is 0.286. The number of fused-ring (bicyclic) bond motifs is 1. The van der Waals surface area contributed by atoms with E-state index in [1.165, 1.54) is 22.9 Å². The number of pyridine rings is 1. The van der Waals surface area contributed by atoms with Gasteiger partial charge in [-0.15, -0.1) is 0 Å².